The van der Waals surface area contributed by atoms with E-state index in [4.69, 9.17) is 23.7 Å². The number of aryl methyl sites for hydroxylation is 1. The Labute approximate surface area is 185 Å². The molecule has 2 heterocycles. The summed E-state index contributed by atoms with van der Waals surface area (Å²) in [6.07, 6.45) is 1.60. The Hall–Kier alpha value is -4.07. The summed E-state index contributed by atoms with van der Waals surface area (Å²) in [4.78, 5) is 21.5. The van der Waals surface area contributed by atoms with Gasteiger partial charge in [0.25, 0.3) is 0 Å². The number of ether oxygens (including phenoxy) is 5. The molecule has 0 aliphatic carbocycles. The maximum Gasteiger partial charge on any atom is 0.363 e. The van der Waals surface area contributed by atoms with Gasteiger partial charge in [0.15, 0.2) is 17.2 Å². The maximum atomic E-state index is 12.5. The van der Waals surface area contributed by atoms with Crippen molar-refractivity contribution in [2.24, 2.45) is 4.99 Å². The number of pyridine rings is 1. The summed E-state index contributed by atoms with van der Waals surface area (Å²) >= 11 is 0. The molecule has 1 aliphatic rings. The molecule has 1 aromatic heterocycles. The molecule has 8 heteroatoms. The van der Waals surface area contributed by atoms with Gasteiger partial charge in [-0.15, -0.1) is 0 Å². The molecule has 1 aliphatic heterocycles. The third-order valence-electron chi connectivity index (χ3n) is 4.98. The van der Waals surface area contributed by atoms with Gasteiger partial charge in [0.2, 0.25) is 17.5 Å². The lowest BCUT2D eigenvalue weighted by Gasteiger charge is -2.13. The Kier molecular flexibility index (Phi) is 5.68. The number of carbonyl (C=O) groups excluding carboxylic acids is 1. The average molecular weight is 434 g/mol. The van der Waals surface area contributed by atoms with Gasteiger partial charge in [0.1, 0.15) is 0 Å². The molecule has 3 aromatic rings. The Balaban J connectivity index is 1.78. The summed E-state index contributed by atoms with van der Waals surface area (Å²) in [5.41, 5.74) is 3.15. The van der Waals surface area contributed by atoms with Crippen LogP contribution in [-0.2, 0) is 9.53 Å². The fraction of sp³-hybridized carbons (Fsp3) is 0.208. The van der Waals surface area contributed by atoms with Crippen molar-refractivity contribution in [1.82, 2.24) is 4.98 Å². The standard InChI is InChI=1S/C24H22N2O6/c1-13-6-7-14-9-15(22(31-5)25-17(14)8-13)10-18-24(27)32-23(26-18)16-11-19(28-2)21(30-4)20(12-16)29-3/h6-12H,1-5H3. The Morgan fingerprint density at radius 2 is 1.62 bits per heavy atom. The summed E-state index contributed by atoms with van der Waals surface area (Å²) in [6.45, 7) is 2.00. The second-order valence-corrected chi connectivity index (χ2v) is 7.03. The van der Waals surface area contributed by atoms with Crippen LogP contribution in [0.25, 0.3) is 17.0 Å². The first kappa shape index (κ1) is 21.2. The zero-order valence-electron chi connectivity index (χ0n) is 18.4. The number of esters is 1. The zero-order valence-corrected chi connectivity index (χ0v) is 18.4. The van der Waals surface area contributed by atoms with Crippen molar-refractivity contribution >= 4 is 28.8 Å². The van der Waals surface area contributed by atoms with Crippen molar-refractivity contribution in [2.45, 2.75) is 6.92 Å². The van der Waals surface area contributed by atoms with Crippen LogP contribution in [0.3, 0.4) is 0 Å². The Bertz CT molecular complexity index is 1250. The van der Waals surface area contributed by atoms with Crippen LogP contribution >= 0.6 is 0 Å². The lowest BCUT2D eigenvalue weighted by Crippen LogP contribution is -2.07. The number of cyclic esters (lactones) is 1. The number of hydrogen-bond donors (Lipinski definition) is 0. The number of benzene rings is 2. The highest BCUT2D eigenvalue weighted by Gasteiger charge is 2.27. The summed E-state index contributed by atoms with van der Waals surface area (Å²) < 4.78 is 26.9. The molecule has 0 atom stereocenters. The molecule has 4 rings (SSSR count). The fourth-order valence-electron chi connectivity index (χ4n) is 3.43. The molecule has 32 heavy (non-hydrogen) atoms. The van der Waals surface area contributed by atoms with E-state index in [0.29, 0.717) is 34.3 Å². The summed E-state index contributed by atoms with van der Waals surface area (Å²) in [7, 11) is 6.06. The molecule has 0 N–H and O–H groups in total. The second kappa shape index (κ2) is 8.58. The fourth-order valence-corrected chi connectivity index (χ4v) is 3.43. The lowest BCUT2D eigenvalue weighted by molar-refractivity contribution is -0.129. The van der Waals surface area contributed by atoms with Crippen LogP contribution in [0.2, 0.25) is 0 Å². The molecule has 0 radical (unpaired) electrons. The van der Waals surface area contributed by atoms with E-state index >= 15 is 0 Å². The molecular weight excluding hydrogens is 412 g/mol. The first-order valence-electron chi connectivity index (χ1n) is 9.75. The minimum atomic E-state index is -0.584. The molecular formula is C24H22N2O6. The zero-order chi connectivity index (χ0) is 22.8. The predicted molar refractivity (Wildman–Crippen MR) is 120 cm³/mol. The molecule has 0 fully saturated rings. The van der Waals surface area contributed by atoms with Gasteiger partial charge in [0.05, 0.1) is 34.0 Å². The maximum absolute atomic E-state index is 12.5. The minimum Gasteiger partial charge on any atom is -0.493 e. The van der Waals surface area contributed by atoms with Gasteiger partial charge in [-0.1, -0.05) is 12.1 Å². The smallest absolute Gasteiger partial charge is 0.363 e. The number of fused-ring (bicyclic) bond motifs is 1. The monoisotopic (exact) mass is 434 g/mol. The second-order valence-electron chi connectivity index (χ2n) is 7.03. The van der Waals surface area contributed by atoms with Crippen LogP contribution in [0, 0.1) is 6.92 Å². The quantitative estimate of drug-likeness (QED) is 0.429. The van der Waals surface area contributed by atoms with Crippen molar-refractivity contribution in [3.05, 3.63) is 58.8 Å². The van der Waals surface area contributed by atoms with Crippen LogP contribution < -0.4 is 18.9 Å². The summed E-state index contributed by atoms with van der Waals surface area (Å²) in [5.74, 6) is 1.22. The number of aromatic nitrogens is 1. The van der Waals surface area contributed by atoms with Crippen molar-refractivity contribution < 1.29 is 28.5 Å². The lowest BCUT2D eigenvalue weighted by atomic mass is 10.1. The highest BCUT2D eigenvalue weighted by atomic mass is 16.6. The highest BCUT2D eigenvalue weighted by molar-refractivity contribution is 6.13. The van der Waals surface area contributed by atoms with E-state index in [1.54, 1.807) is 18.2 Å². The molecule has 0 saturated heterocycles. The first-order chi connectivity index (χ1) is 15.5. The number of aliphatic imine (C=N–C) groups is 1. The molecule has 0 unspecified atom stereocenters. The number of carbonyl (C=O) groups is 1. The van der Waals surface area contributed by atoms with Crippen molar-refractivity contribution in [2.75, 3.05) is 28.4 Å². The predicted octanol–water partition coefficient (Wildman–Crippen LogP) is 3.92. The van der Waals surface area contributed by atoms with Crippen molar-refractivity contribution in [1.29, 1.82) is 0 Å². The Morgan fingerprint density at radius 1 is 0.906 bits per heavy atom. The third-order valence-corrected chi connectivity index (χ3v) is 4.98. The summed E-state index contributed by atoms with van der Waals surface area (Å²) in [6, 6.07) is 11.2. The minimum absolute atomic E-state index is 0.125. The largest absolute Gasteiger partial charge is 0.493 e. The molecule has 8 nitrogen and oxygen atoms in total. The van der Waals surface area contributed by atoms with Crippen LogP contribution in [-0.4, -0.2) is 45.3 Å². The number of rotatable bonds is 6. The average Bonchev–Trinajstić information content (AvgIpc) is 3.17. The van der Waals surface area contributed by atoms with E-state index in [9.17, 15) is 4.79 Å². The molecule has 164 valence electrons. The number of methoxy groups -OCH3 is 4. The van der Waals surface area contributed by atoms with Crippen LogP contribution in [0.4, 0.5) is 0 Å². The van der Waals surface area contributed by atoms with Gasteiger partial charge >= 0.3 is 5.97 Å². The van der Waals surface area contributed by atoms with Crippen LogP contribution in [0.5, 0.6) is 23.1 Å². The van der Waals surface area contributed by atoms with E-state index < -0.39 is 5.97 Å². The van der Waals surface area contributed by atoms with Crippen molar-refractivity contribution in [3.8, 4) is 23.1 Å². The van der Waals surface area contributed by atoms with Gasteiger partial charge in [-0.05, 0) is 42.8 Å². The number of nitrogens with zero attached hydrogens (tertiary/aromatic N) is 2. The van der Waals surface area contributed by atoms with Gasteiger partial charge in [-0.3, -0.25) is 0 Å². The topological polar surface area (TPSA) is 88.5 Å². The summed E-state index contributed by atoms with van der Waals surface area (Å²) in [5, 5.41) is 0.920. The molecule has 2 aromatic carbocycles. The van der Waals surface area contributed by atoms with E-state index in [1.165, 1.54) is 28.4 Å². The Morgan fingerprint density at radius 3 is 2.25 bits per heavy atom. The van der Waals surface area contributed by atoms with E-state index in [0.717, 1.165) is 16.5 Å². The molecule has 0 saturated carbocycles. The van der Waals surface area contributed by atoms with Gasteiger partial charge in [0, 0.05) is 16.5 Å². The number of hydrogen-bond acceptors (Lipinski definition) is 8. The van der Waals surface area contributed by atoms with Gasteiger partial charge < -0.3 is 23.7 Å². The van der Waals surface area contributed by atoms with Gasteiger partial charge in [-0.25, -0.2) is 14.8 Å². The van der Waals surface area contributed by atoms with Crippen molar-refractivity contribution in [3.63, 3.8) is 0 Å². The van der Waals surface area contributed by atoms with Crippen LogP contribution in [0.1, 0.15) is 16.7 Å². The molecule has 0 amide bonds. The molecule has 0 spiro atoms. The van der Waals surface area contributed by atoms with Crippen LogP contribution in [0.15, 0.2) is 47.1 Å². The normalized spacial score (nSPS) is 14.3. The van der Waals surface area contributed by atoms with E-state index in [1.807, 2.05) is 31.2 Å². The first-order valence-corrected chi connectivity index (χ1v) is 9.75. The SMILES string of the molecule is COc1cc(C2=NC(=Cc3cc4ccc(C)cc4nc3OC)C(=O)O2)cc(OC)c1OC. The molecule has 0 bridgehead atoms. The van der Waals surface area contributed by atoms with E-state index in [-0.39, 0.29) is 11.6 Å². The highest BCUT2D eigenvalue weighted by Crippen LogP contribution is 2.39. The third kappa shape index (κ3) is 3.82. The van der Waals surface area contributed by atoms with E-state index in [2.05, 4.69) is 9.98 Å². The van der Waals surface area contributed by atoms with Gasteiger partial charge in [-0.2, -0.15) is 0 Å².